The minimum absolute atomic E-state index is 0.0988. The summed E-state index contributed by atoms with van der Waals surface area (Å²) in [5.74, 6) is 0.488. The molecule has 1 aliphatic rings. The number of nitrogens with zero attached hydrogens (tertiary/aromatic N) is 1. The van der Waals surface area contributed by atoms with Crippen molar-refractivity contribution in [1.82, 2.24) is 10.2 Å². The van der Waals surface area contributed by atoms with Crippen molar-refractivity contribution in [2.45, 2.75) is 12.5 Å². The van der Waals surface area contributed by atoms with Gasteiger partial charge in [-0.2, -0.15) is 0 Å². The van der Waals surface area contributed by atoms with Crippen LogP contribution in [0.15, 0.2) is 24.3 Å². The van der Waals surface area contributed by atoms with Gasteiger partial charge in [0.1, 0.15) is 5.75 Å². The van der Waals surface area contributed by atoms with Crippen molar-refractivity contribution in [3.8, 4) is 5.75 Å². The first-order valence-corrected chi connectivity index (χ1v) is 5.83. The van der Waals surface area contributed by atoms with E-state index in [4.69, 9.17) is 4.74 Å². The molecule has 1 N–H and O–H groups in total. The summed E-state index contributed by atoms with van der Waals surface area (Å²) >= 11 is 0. The predicted molar refractivity (Wildman–Crippen MR) is 66.9 cm³/mol. The first-order chi connectivity index (χ1) is 8.59. The number of carbonyl (C=O) groups excluding carboxylic acids is 2. The van der Waals surface area contributed by atoms with Crippen LogP contribution in [0.3, 0.4) is 0 Å². The van der Waals surface area contributed by atoms with Crippen molar-refractivity contribution in [3.63, 3.8) is 0 Å². The fourth-order valence-corrected chi connectivity index (χ4v) is 1.82. The number of carbonyl (C=O) groups is 2. The number of ketones is 1. The van der Waals surface area contributed by atoms with Gasteiger partial charge < -0.3 is 15.0 Å². The highest BCUT2D eigenvalue weighted by Crippen LogP contribution is 2.23. The van der Waals surface area contributed by atoms with Gasteiger partial charge >= 0.3 is 6.03 Å². The maximum atomic E-state index is 12.3. The first-order valence-electron chi connectivity index (χ1n) is 5.83. The summed E-state index contributed by atoms with van der Waals surface area (Å²) in [4.78, 5) is 25.3. The molecule has 0 aromatic heterocycles. The lowest BCUT2D eigenvalue weighted by molar-refractivity contribution is 0.0940. The second kappa shape index (κ2) is 5.08. The molecule has 0 saturated carbocycles. The van der Waals surface area contributed by atoms with E-state index in [1.165, 1.54) is 4.90 Å². The third-order valence-electron chi connectivity index (χ3n) is 2.84. The van der Waals surface area contributed by atoms with E-state index in [0.717, 1.165) is 0 Å². The van der Waals surface area contributed by atoms with Crippen LogP contribution in [-0.4, -0.2) is 43.5 Å². The zero-order valence-corrected chi connectivity index (χ0v) is 10.5. The molecule has 0 radical (unpaired) electrons. The van der Waals surface area contributed by atoms with Gasteiger partial charge in [0.15, 0.2) is 5.78 Å². The van der Waals surface area contributed by atoms with Gasteiger partial charge in [0.05, 0.1) is 18.2 Å². The molecule has 1 aromatic rings. The van der Waals surface area contributed by atoms with Gasteiger partial charge in [-0.1, -0.05) is 12.1 Å². The summed E-state index contributed by atoms with van der Waals surface area (Å²) in [6, 6.07) is 6.30. The van der Waals surface area contributed by atoms with Crippen molar-refractivity contribution in [1.29, 1.82) is 0 Å². The van der Waals surface area contributed by atoms with Crippen molar-refractivity contribution < 1.29 is 14.3 Å². The summed E-state index contributed by atoms with van der Waals surface area (Å²) in [5, 5.41) is 2.71. The molecule has 2 amide bonds. The van der Waals surface area contributed by atoms with Crippen LogP contribution in [0.25, 0.3) is 0 Å². The van der Waals surface area contributed by atoms with Gasteiger partial charge in [0.25, 0.3) is 0 Å². The third kappa shape index (κ3) is 2.45. The van der Waals surface area contributed by atoms with Crippen LogP contribution in [0.2, 0.25) is 0 Å². The van der Waals surface area contributed by atoms with E-state index in [9.17, 15) is 9.59 Å². The lowest BCUT2D eigenvalue weighted by Gasteiger charge is -2.18. The molecule has 96 valence electrons. The maximum absolute atomic E-state index is 12.3. The number of urea groups is 1. The Bertz CT molecular complexity index is 471. The van der Waals surface area contributed by atoms with Gasteiger partial charge in [-0.3, -0.25) is 4.79 Å². The third-order valence-corrected chi connectivity index (χ3v) is 2.84. The fourth-order valence-electron chi connectivity index (χ4n) is 1.82. The van der Waals surface area contributed by atoms with Crippen LogP contribution in [-0.2, 0) is 0 Å². The molecule has 0 fully saturated rings. The molecule has 5 heteroatoms. The van der Waals surface area contributed by atoms with E-state index in [0.29, 0.717) is 24.3 Å². The van der Waals surface area contributed by atoms with Crippen LogP contribution < -0.4 is 10.1 Å². The van der Waals surface area contributed by atoms with Crippen LogP contribution >= 0.6 is 0 Å². The highest BCUT2D eigenvalue weighted by atomic mass is 16.5. The summed E-state index contributed by atoms with van der Waals surface area (Å²) in [7, 11) is 3.28. The number of fused-ring (bicyclic) bond motifs is 1. The Balaban J connectivity index is 2.20. The number of benzene rings is 1. The van der Waals surface area contributed by atoms with E-state index in [2.05, 4.69) is 5.32 Å². The smallest absolute Gasteiger partial charge is 0.317 e. The number of Topliss-reactive ketones (excluding diaryl/α,β-unsaturated/α-hetero) is 1. The minimum atomic E-state index is -0.524. The molecule has 1 aromatic carbocycles. The highest BCUT2D eigenvalue weighted by molar-refractivity contribution is 6.04. The Morgan fingerprint density at radius 2 is 2.11 bits per heavy atom. The second-order valence-corrected chi connectivity index (χ2v) is 4.39. The molecule has 1 atom stereocenters. The van der Waals surface area contributed by atoms with Gasteiger partial charge in [-0.05, 0) is 12.1 Å². The standard InChI is InChI=1S/C13H16N2O3/c1-15(2)13(17)14-10-7-8-18-11-6-4-3-5-9(11)12(10)16/h3-6,10H,7-8H2,1-2H3,(H,14,17). The number of ether oxygens (including phenoxy) is 1. The van der Waals surface area contributed by atoms with Crippen LogP contribution in [0.4, 0.5) is 4.79 Å². The van der Waals surface area contributed by atoms with Crippen LogP contribution in [0, 0.1) is 0 Å². The maximum Gasteiger partial charge on any atom is 0.317 e. The minimum Gasteiger partial charge on any atom is -0.493 e. The number of hydrogen-bond acceptors (Lipinski definition) is 3. The lowest BCUT2D eigenvalue weighted by atomic mass is 10.0. The van der Waals surface area contributed by atoms with Gasteiger partial charge in [0.2, 0.25) is 0 Å². The van der Waals surface area contributed by atoms with Crippen molar-refractivity contribution in [3.05, 3.63) is 29.8 Å². The lowest BCUT2D eigenvalue weighted by Crippen LogP contribution is -2.45. The molecule has 0 aliphatic carbocycles. The number of amides is 2. The van der Waals surface area contributed by atoms with E-state index >= 15 is 0 Å². The Labute approximate surface area is 106 Å². The molecular formula is C13H16N2O3. The normalized spacial score (nSPS) is 18.3. The fraction of sp³-hybridized carbons (Fsp3) is 0.385. The monoisotopic (exact) mass is 248 g/mol. The number of nitrogens with one attached hydrogen (secondary N) is 1. The molecule has 0 saturated heterocycles. The van der Waals surface area contributed by atoms with Crippen molar-refractivity contribution in [2.75, 3.05) is 20.7 Å². The van der Waals surface area contributed by atoms with Crippen molar-refractivity contribution >= 4 is 11.8 Å². The van der Waals surface area contributed by atoms with Crippen LogP contribution in [0.1, 0.15) is 16.8 Å². The van der Waals surface area contributed by atoms with Crippen LogP contribution in [0.5, 0.6) is 5.75 Å². The second-order valence-electron chi connectivity index (χ2n) is 4.39. The zero-order valence-electron chi connectivity index (χ0n) is 10.5. The summed E-state index contributed by atoms with van der Waals surface area (Å²) < 4.78 is 5.51. The average Bonchev–Trinajstić information content (AvgIpc) is 2.51. The molecule has 1 aliphatic heterocycles. The summed E-state index contributed by atoms with van der Waals surface area (Å²) in [6.07, 6.45) is 0.479. The van der Waals surface area contributed by atoms with E-state index in [1.54, 1.807) is 32.3 Å². The molecule has 0 spiro atoms. The molecule has 1 unspecified atom stereocenters. The molecule has 5 nitrogen and oxygen atoms in total. The SMILES string of the molecule is CN(C)C(=O)NC1CCOc2ccccc2C1=O. The Kier molecular flexibility index (Phi) is 3.50. The van der Waals surface area contributed by atoms with Gasteiger partial charge in [-0.15, -0.1) is 0 Å². The van der Waals surface area contributed by atoms with E-state index in [1.807, 2.05) is 6.07 Å². The van der Waals surface area contributed by atoms with E-state index < -0.39 is 6.04 Å². The topological polar surface area (TPSA) is 58.6 Å². The number of para-hydroxylation sites is 1. The zero-order chi connectivity index (χ0) is 13.1. The molecule has 1 heterocycles. The molecule has 2 rings (SSSR count). The molecular weight excluding hydrogens is 232 g/mol. The molecule has 0 bridgehead atoms. The summed E-state index contributed by atoms with van der Waals surface area (Å²) in [5.41, 5.74) is 0.527. The van der Waals surface area contributed by atoms with Crippen molar-refractivity contribution in [2.24, 2.45) is 0 Å². The first kappa shape index (κ1) is 12.4. The number of rotatable bonds is 1. The largest absolute Gasteiger partial charge is 0.493 e. The number of hydrogen-bond donors (Lipinski definition) is 1. The quantitative estimate of drug-likeness (QED) is 0.814. The summed E-state index contributed by atoms with van der Waals surface area (Å²) in [6.45, 7) is 0.418. The van der Waals surface area contributed by atoms with Gasteiger partial charge in [-0.25, -0.2) is 4.79 Å². The average molecular weight is 248 g/mol. The molecule has 18 heavy (non-hydrogen) atoms. The predicted octanol–water partition coefficient (Wildman–Crippen LogP) is 1.29. The van der Waals surface area contributed by atoms with E-state index in [-0.39, 0.29) is 11.8 Å². The highest BCUT2D eigenvalue weighted by Gasteiger charge is 2.27. The van der Waals surface area contributed by atoms with Gasteiger partial charge in [0, 0.05) is 20.5 Å². The Morgan fingerprint density at radius 3 is 2.83 bits per heavy atom. The Hall–Kier alpha value is -2.04. The Morgan fingerprint density at radius 1 is 1.39 bits per heavy atom.